The molecule has 4 aliphatic rings. The topological polar surface area (TPSA) is 128 Å². The van der Waals surface area contributed by atoms with Crippen molar-refractivity contribution in [3.8, 4) is 0 Å². The lowest BCUT2D eigenvalue weighted by atomic mass is 9.79. The number of urea groups is 1. The number of aliphatic imine (C=N–C) groups is 1. The van der Waals surface area contributed by atoms with E-state index in [4.69, 9.17) is 4.99 Å². The Morgan fingerprint density at radius 1 is 1.03 bits per heavy atom. The molecule has 39 heavy (non-hydrogen) atoms. The number of amides is 4. The average Bonchev–Trinajstić information content (AvgIpc) is 3.44. The maximum atomic E-state index is 13.1. The molecule has 1 aromatic rings. The first-order valence-corrected chi connectivity index (χ1v) is 15.9. The minimum absolute atomic E-state index is 0.0235. The molecule has 4 amide bonds. The highest BCUT2D eigenvalue weighted by Gasteiger charge is 2.48. The van der Waals surface area contributed by atoms with Gasteiger partial charge in [-0.15, -0.1) is 0 Å². The number of rotatable bonds is 9. The van der Waals surface area contributed by atoms with Gasteiger partial charge in [-0.05, 0) is 68.6 Å². The summed E-state index contributed by atoms with van der Waals surface area (Å²) in [7, 11) is -3.51. The van der Waals surface area contributed by atoms with Gasteiger partial charge in [0.25, 0.3) is 11.8 Å². The number of nitrogens with one attached hydrogen (secondary N) is 2. The summed E-state index contributed by atoms with van der Waals surface area (Å²) in [6, 6.07) is 6.33. The Morgan fingerprint density at radius 3 is 2.33 bits per heavy atom. The predicted molar refractivity (Wildman–Crippen MR) is 149 cm³/mol. The van der Waals surface area contributed by atoms with E-state index in [-0.39, 0.29) is 37.2 Å². The van der Waals surface area contributed by atoms with E-state index in [2.05, 4.69) is 17.6 Å². The molecule has 0 bridgehead atoms. The SMILES string of the molecule is CCCCC1CCC(C2=NC3(CCN(S(=O)(=O)CCc4ccc(N5C(=O)CNC5=O)cc4)CC3)C(=O)N2)CC1. The van der Waals surface area contributed by atoms with Crippen LogP contribution in [0.15, 0.2) is 29.3 Å². The first kappa shape index (κ1) is 27.8. The van der Waals surface area contributed by atoms with Crippen LogP contribution in [0.4, 0.5) is 10.5 Å². The van der Waals surface area contributed by atoms with Gasteiger partial charge in [0.1, 0.15) is 11.4 Å². The van der Waals surface area contributed by atoms with Crippen molar-refractivity contribution in [1.29, 1.82) is 0 Å². The minimum Gasteiger partial charge on any atom is -0.328 e. The third-order valence-corrected chi connectivity index (χ3v) is 10.7. The fourth-order valence-corrected chi connectivity index (χ4v) is 7.79. The summed E-state index contributed by atoms with van der Waals surface area (Å²) in [4.78, 5) is 42.7. The lowest BCUT2D eigenvalue weighted by Gasteiger charge is -2.34. The number of benzene rings is 1. The number of carbonyl (C=O) groups is 3. The smallest absolute Gasteiger partial charge is 0.328 e. The molecule has 2 saturated heterocycles. The molecule has 1 aromatic carbocycles. The second-order valence-corrected chi connectivity index (χ2v) is 13.5. The van der Waals surface area contributed by atoms with E-state index in [1.54, 1.807) is 24.3 Å². The third-order valence-electron chi connectivity index (χ3n) is 8.83. The van der Waals surface area contributed by atoms with Gasteiger partial charge in [0.2, 0.25) is 10.0 Å². The molecule has 3 fully saturated rings. The summed E-state index contributed by atoms with van der Waals surface area (Å²) in [5.41, 5.74) is 0.425. The Bertz CT molecular complexity index is 1210. The Kier molecular flexibility index (Phi) is 8.09. The van der Waals surface area contributed by atoms with E-state index in [1.807, 2.05) is 0 Å². The molecule has 1 spiro atoms. The second-order valence-electron chi connectivity index (χ2n) is 11.4. The molecule has 0 atom stereocenters. The largest absolute Gasteiger partial charge is 0.329 e. The van der Waals surface area contributed by atoms with Crippen molar-refractivity contribution in [3.05, 3.63) is 29.8 Å². The predicted octanol–water partition coefficient (Wildman–Crippen LogP) is 2.97. The van der Waals surface area contributed by atoms with Gasteiger partial charge >= 0.3 is 6.03 Å². The number of hydrogen-bond acceptors (Lipinski definition) is 6. The van der Waals surface area contributed by atoms with Crippen LogP contribution in [-0.4, -0.2) is 67.3 Å². The van der Waals surface area contributed by atoms with Crippen LogP contribution in [0, 0.1) is 11.8 Å². The fraction of sp³-hybridized carbons (Fsp3) is 0.643. The summed E-state index contributed by atoms with van der Waals surface area (Å²) in [6.07, 6.45) is 9.41. The third kappa shape index (κ3) is 5.89. The number of anilines is 1. The standard InChI is InChI=1S/C28H39N5O5S/c1-2-3-4-20-5-9-22(10-6-20)25-30-26(35)28(31-25)14-16-32(17-15-28)39(37,38)18-13-21-7-11-23(12-8-21)33-24(34)19-29-27(33)36/h7-8,11-12,20,22H,2-6,9-10,13-19H2,1H3,(H,29,36)(H,30,31,35). The number of carbonyl (C=O) groups excluding carboxylic acids is 3. The maximum Gasteiger partial charge on any atom is 0.329 e. The molecule has 212 valence electrons. The molecule has 10 nitrogen and oxygen atoms in total. The van der Waals surface area contributed by atoms with E-state index in [9.17, 15) is 22.8 Å². The quantitative estimate of drug-likeness (QED) is 0.451. The molecular weight excluding hydrogens is 518 g/mol. The highest BCUT2D eigenvalue weighted by molar-refractivity contribution is 7.89. The molecule has 1 aliphatic carbocycles. The van der Waals surface area contributed by atoms with Gasteiger partial charge in [-0.25, -0.2) is 22.4 Å². The van der Waals surface area contributed by atoms with Crippen LogP contribution < -0.4 is 15.5 Å². The Labute approximate surface area is 230 Å². The zero-order chi connectivity index (χ0) is 27.6. The van der Waals surface area contributed by atoms with Crippen molar-refractivity contribution >= 4 is 39.4 Å². The van der Waals surface area contributed by atoms with Crippen LogP contribution in [0.1, 0.15) is 70.3 Å². The molecule has 2 N–H and O–H groups in total. The summed E-state index contributed by atoms with van der Waals surface area (Å²) in [5, 5.41) is 5.55. The van der Waals surface area contributed by atoms with E-state index < -0.39 is 21.6 Å². The van der Waals surface area contributed by atoms with Crippen LogP contribution in [0.5, 0.6) is 0 Å². The van der Waals surface area contributed by atoms with Crippen LogP contribution in [0.2, 0.25) is 0 Å². The van der Waals surface area contributed by atoms with Crippen molar-refractivity contribution in [2.45, 2.75) is 76.7 Å². The molecule has 0 aromatic heterocycles. The summed E-state index contributed by atoms with van der Waals surface area (Å²) in [6.45, 7) is 2.76. The number of hydrogen-bond donors (Lipinski definition) is 2. The number of amidine groups is 1. The lowest BCUT2D eigenvalue weighted by Crippen LogP contribution is -2.51. The molecule has 0 radical (unpaired) electrons. The first-order valence-electron chi connectivity index (χ1n) is 14.3. The van der Waals surface area contributed by atoms with Gasteiger partial charge in [-0.3, -0.25) is 14.6 Å². The highest BCUT2D eigenvalue weighted by Crippen LogP contribution is 2.37. The van der Waals surface area contributed by atoms with Crippen molar-refractivity contribution in [2.24, 2.45) is 16.8 Å². The van der Waals surface area contributed by atoms with E-state index in [0.29, 0.717) is 30.9 Å². The summed E-state index contributed by atoms with van der Waals surface area (Å²) in [5.74, 6) is 1.47. The number of nitrogens with zero attached hydrogens (tertiary/aromatic N) is 3. The number of imide groups is 1. The Balaban J connectivity index is 1.13. The van der Waals surface area contributed by atoms with E-state index >= 15 is 0 Å². The summed E-state index contributed by atoms with van der Waals surface area (Å²) < 4.78 is 27.7. The van der Waals surface area contributed by atoms with Crippen LogP contribution in [0.25, 0.3) is 0 Å². The van der Waals surface area contributed by atoms with Crippen molar-refractivity contribution in [1.82, 2.24) is 14.9 Å². The van der Waals surface area contributed by atoms with Gasteiger partial charge in [0.15, 0.2) is 0 Å². The lowest BCUT2D eigenvalue weighted by molar-refractivity contribution is -0.125. The molecule has 11 heteroatoms. The Hall–Kier alpha value is -2.79. The number of sulfonamides is 1. The molecule has 5 rings (SSSR count). The van der Waals surface area contributed by atoms with Gasteiger partial charge in [-0.1, -0.05) is 38.3 Å². The van der Waals surface area contributed by atoms with Gasteiger partial charge in [0, 0.05) is 19.0 Å². The fourth-order valence-electron chi connectivity index (χ4n) is 6.30. The zero-order valence-electron chi connectivity index (χ0n) is 22.7. The van der Waals surface area contributed by atoms with Gasteiger partial charge in [0.05, 0.1) is 18.0 Å². The van der Waals surface area contributed by atoms with Gasteiger partial charge < -0.3 is 10.6 Å². The molecular formula is C28H39N5O5S. The van der Waals surface area contributed by atoms with Gasteiger partial charge in [-0.2, -0.15) is 0 Å². The Morgan fingerprint density at radius 2 is 1.72 bits per heavy atom. The maximum absolute atomic E-state index is 13.1. The van der Waals surface area contributed by atoms with Crippen molar-refractivity contribution in [2.75, 3.05) is 30.3 Å². The second kappa shape index (κ2) is 11.4. The van der Waals surface area contributed by atoms with Crippen molar-refractivity contribution < 1.29 is 22.8 Å². The van der Waals surface area contributed by atoms with Crippen LogP contribution >= 0.6 is 0 Å². The number of piperidine rings is 1. The van der Waals surface area contributed by atoms with E-state index in [0.717, 1.165) is 35.1 Å². The molecule has 1 saturated carbocycles. The molecule has 0 unspecified atom stereocenters. The van der Waals surface area contributed by atoms with Crippen LogP contribution in [0.3, 0.4) is 0 Å². The highest BCUT2D eigenvalue weighted by atomic mass is 32.2. The zero-order valence-corrected chi connectivity index (χ0v) is 23.5. The molecule has 3 heterocycles. The van der Waals surface area contributed by atoms with Crippen LogP contribution in [-0.2, 0) is 26.0 Å². The number of unbranched alkanes of at least 4 members (excludes halogenated alkanes) is 1. The molecule has 3 aliphatic heterocycles. The normalized spacial score (nSPS) is 25.6. The van der Waals surface area contributed by atoms with Crippen molar-refractivity contribution in [3.63, 3.8) is 0 Å². The first-order chi connectivity index (χ1) is 18.7. The monoisotopic (exact) mass is 557 g/mol. The number of aryl methyl sites for hydroxylation is 1. The summed E-state index contributed by atoms with van der Waals surface area (Å²) >= 11 is 0. The minimum atomic E-state index is -3.51. The van der Waals surface area contributed by atoms with E-state index in [1.165, 1.54) is 36.4 Å². The average molecular weight is 558 g/mol.